The molecule has 2 fully saturated rings. The van der Waals surface area contributed by atoms with E-state index in [9.17, 15) is 22.4 Å². The first-order valence-corrected chi connectivity index (χ1v) is 13.1. The zero-order chi connectivity index (χ0) is 28.2. The fourth-order valence-corrected chi connectivity index (χ4v) is 4.43. The van der Waals surface area contributed by atoms with Crippen LogP contribution in [0.5, 0.6) is 11.5 Å². The van der Waals surface area contributed by atoms with Gasteiger partial charge in [-0.1, -0.05) is 6.07 Å². The molecule has 1 N–H and O–H groups in total. The number of nitrogens with one attached hydrogen (secondary N) is 1. The normalized spacial score (nSPS) is 16.0. The summed E-state index contributed by atoms with van der Waals surface area (Å²) in [6, 6.07) is 7.94. The van der Waals surface area contributed by atoms with Crippen LogP contribution in [-0.4, -0.2) is 66.8 Å². The number of hydrogen-bond acceptors (Lipinski definition) is 7. The molecule has 214 valence electrons. The first-order valence-electron chi connectivity index (χ1n) is 13.1. The van der Waals surface area contributed by atoms with Crippen molar-refractivity contribution in [2.75, 3.05) is 39.5 Å². The number of rotatable bonds is 11. The SMILES string of the molecule is Cc1oc(-c2ccc(OC(F)F)c(OCC3CC3)c2)nc1C(=O)N1CCN(CNCc2ccc(F)cc2F)CC1. The van der Waals surface area contributed by atoms with Crippen LogP contribution in [0.25, 0.3) is 11.5 Å². The molecule has 5 rings (SSSR count). The number of ether oxygens (including phenoxy) is 2. The minimum atomic E-state index is -2.99. The van der Waals surface area contributed by atoms with Crippen molar-refractivity contribution in [2.24, 2.45) is 5.92 Å². The van der Waals surface area contributed by atoms with Crippen molar-refractivity contribution in [3.63, 3.8) is 0 Å². The number of amides is 1. The van der Waals surface area contributed by atoms with E-state index in [1.165, 1.54) is 30.3 Å². The zero-order valence-electron chi connectivity index (χ0n) is 22.0. The standard InChI is InChI=1S/C28H30F4N4O4/c1-17-25(27(37)36-10-8-35(9-11-36)16-33-14-20-4-6-21(29)13-22(20)30)34-26(39-17)19-5-7-23(40-28(31)32)24(12-19)38-15-18-2-3-18/h4-7,12-13,18,28,33H,2-3,8-11,14-16H2,1H3. The molecule has 1 aromatic heterocycles. The van der Waals surface area contributed by atoms with Gasteiger partial charge in [0.15, 0.2) is 17.2 Å². The molecule has 1 saturated heterocycles. The highest BCUT2D eigenvalue weighted by molar-refractivity contribution is 5.93. The van der Waals surface area contributed by atoms with Gasteiger partial charge in [0.2, 0.25) is 5.89 Å². The Bertz CT molecular complexity index is 1340. The van der Waals surface area contributed by atoms with Crippen molar-refractivity contribution in [1.29, 1.82) is 0 Å². The van der Waals surface area contributed by atoms with E-state index in [1.54, 1.807) is 11.8 Å². The van der Waals surface area contributed by atoms with E-state index in [2.05, 4.69) is 19.9 Å². The third-order valence-electron chi connectivity index (χ3n) is 6.90. The summed E-state index contributed by atoms with van der Waals surface area (Å²) in [5.41, 5.74) is 1.04. The lowest BCUT2D eigenvalue weighted by molar-refractivity contribution is -0.0515. The van der Waals surface area contributed by atoms with Gasteiger partial charge in [-0.25, -0.2) is 13.8 Å². The summed E-state index contributed by atoms with van der Waals surface area (Å²) >= 11 is 0. The van der Waals surface area contributed by atoms with Gasteiger partial charge in [0.05, 0.1) is 6.61 Å². The van der Waals surface area contributed by atoms with Gasteiger partial charge in [-0.05, 0) is 49.9 Å². The first kappa shape index (κ1) is 27.9. The van der Waals surface area contributed by atoms with Crippen LogP contribution < -0.4 is 14.8 Å². The van der Waals surface area contributed by atoms with Crippen LogP contribution in [0.2, 0.25) is 0 Å². The summed E-state index contributed by atoms with van der Waals surface area (Å²) in [5.74, 6) is -0.451. The minimum absolute atomic E-state index is 0.0749. The second-order valence-electron chi connectivity index (χ2n) is 9.95. The molecular formula is C28H30F4N4O4. The number of carbonyl (C=O) groups excluding carboxylic acids is 1. The maximum atomic E-state index is 13.8. The first-order chi connectivity index (χ1) is 19.3. The lowest BCUT2D eigenvalue weighted by Gasteiger charge is -2.34. The van der Waals surface area contributed by atoms with Crippen molar-refractivity contribution < 1.29 is 36.2 Å². The third kappa shape index (κ3) is 6.92. The van der Waals surface area contributed by atoms with Gasteiger partial charge < -0.3 is 24.1 Å². The number of nitrogens with zero attached hydrogens (tertiary/aromatic N) is 3. The van der Waals surface area contributed by atoms with Gasteiger partial charge in [0, 0.05) is 56.6 Å². The fourth-order valence-electron chi connectivity index (χ4n) is 4.43. The van der Waals surface area contributed by atoms with Gasteiger partial charge in [-0.15, -0.1) is 0 Å². The summed E-state index contributed by atoms with van der Waals surface area (Å²) in [7, 11) is 0. The molecule has 1 aliphatic heterocycles. The van der Waals surface area contributed by atoms with Gasteiger partial charge >= 0.3 is 6.61 Å². The van der Waals surface area contributed by atoms with Gasteiger partial charge in [0.25, 0.3) is 5.91 Å². The average molecular weight is 563 g/mol. The lowest BCUT2D eigenvalue weighted by atomic mass is 10.2. The quantitative estimate of drug-likeness (QED) is 0.336. The fraction of sp³-hybridized carbons (Fsp3) is 0.429. The Labute approximate surface area is 228 Å². The monoisotopic (exact) mass is 562 g/mol. The van der Waals surface area contributed by atoms with Crippen molar-refractivity contribution in [3.05, 3.63) is 65.1 Å². The molecular weight excluding hydrogens is 532 g/mol. The Balaban J connectivity index is 1.18. The Morgan fingerprint density at radius 2 is 1.88 bits per heavy atom. The molecule has 0 radical (unpaired) electrons. The molecule has 1 amide bonds. The summed E-state index contributed by atoms with van der Waals surface area (Å²) in [6.45, 7) is 1.94. The van der Waals surface area contributed by atoms with Crippen LogP contribution in [0.4, 0.5) is 17.6 Å². The van der Waals surface area contributed by atoms with Crippen LogP contribution in [0.3, 0.4) is 0 Å². The third-order valence-corrected chi connectivity index (χ3v) is 6.90. The Morgan fingerprint density at radius 3 is 2.58 bits per heavy atom. The van der Waals surface area contributed by atoms with Crippen molar-refractivity contribution in [3.8, 4) is 23.0 Å². The Kier molecular flexibility index (Phi) is 8.55. The van der Waals surface area contributed by atoms with Gasteiger partial charge in [-0.3, -0.25) is 9.69 Å². The smallest absolute Gasteiger partial charge is 0.387 e. The zero-order valence-corrected chi connectivity index (χ0v) is 22.0. The number of piperazine rings is 1. The molecule has 2 aliphatic rings. The number of benzene rings is 2. The average Bonchev–Trinajstić information content (AvgIpc) is 3.68. The molecule has 0 spiro atoms. The second-order valence-corrected chi connectivity index (χ2v) is 9.95. The van der Waals surface area contributed by atoms with E-state index < -0.39 is 18.2 Å². The van der Waals surface area contributed by atoms with Crippen LogP contribution in [-0.2, 0) is 6.54 Å². The topological polar surface area (TPSA) is 80.1 Å². The summed E-state index contributed by atoms with van der Waals surface area (Å²) < 4.78 is 68.7. The number of hydrogen-bond donors (Lipinski definition) is 1. The molecule has 0 bridgehead atoms. The molecule has 2 aromatic carbocycles. The molecule has 0 unspecified atom stereocenters. The largest absolute Gasteiger partial charge is 0.489 e. The van der Waals surface area contributed by atoms with Crippen LogP contribution in [0, 0.1) is 24.5 Å². The molecule has 8 nitrogen and oxygen atoms in total. The molecule has 3 aromatic rings. The van der Waals surface area contributed by atoms with E-state index in [4.69, 9.17) is 9.15 Å². The number of aryl methyl sites for hydroxylation is 1. The predicted molar refractivity (Wildman–Crippen MR) is 137 cm³/mol. The molecule has 0 atom stereocenters. The molecule has 2 heterocycles. The van der Waals surface area contributed by atoms with E-state index >= 15 is 0 Å². The van der Waals surface area contributed by atoms with Crippen molar-refractivity contribution in [2.45, 2.75) is 32.9 Å². The number of oxazole rings is 1. The number of aromatic nitrogens is 1. The molecule has 12 heteroatoms. The molecule has 1 aliphatic carbocycles. The Hall–Kier alpha value is -3.64. The van der Waals surface area contributed by atoms with Crippen molar-refractivity contribution >= 4 is 5.91 Å². The van der Waals surface area contributed by atoms with E-state index in [1.807, 2.05) is 0 Å². The maximum Gasteiger partial charge on any atom is 0.387 e. The second kappa shape index (κ2) is 12.3. The highest BCUT2D eigenvalue weighted by Gasteiger charge is 2.28. The van der Waals surface area contributed by atoms with Gasteiger partial charge in [-0.2, -0.15) is 8.78 Å². The summed E-state index contributed by atoms with van der Waals surface area (Å²) in [5, 5.41) is 3.15. The van der Waals surface area contributed by atoms with E-state index in [0.717, 1.165) is 18.9 Å². The number of halogens is 4. The van der Waals surface area contributed by atoms with E-state index in [-0.39, 0.29) is 35.5 Å². The summed E-state index contributed by atoms with van der Waals surface area (Å²) in [6.07, 6.45) is 2.08. The molecule has 1 saturated carbocycles. The van der Waals surface area contributed by atoms with Crippen LogP contribution in [0.1, 0.15) is 34.7 Å². The lowest BCUT2D eigenvalue weighted by Crippen LogP contribution is -2.51. The Morgan fingerprint density at radius 1 is 1.10 bits per heavy atom. The summed E-state index contributed by atoms with van der Waals surface area (Å²) in [4.78, 5) is 21.4. The number of carbonyl (C=O) groups is 1. The highest BCUT2D eigenvalue weighted by atomic mass is 19.3. The predicted octanol–water partition coefficient (Wildman–Crippen LogP) is 4.82. The maximum absolute atomic E-state index is 13.8. The van der Waals surface area contributed by atoms with E-state index in [0.29, 0.717) is 62.3 Å². The van der Waals surface area contributed by atoms with Gasteiger partial charge in [0.1, 0.15) is 17.4 Å². The molecule has 40 heavy (non-hydrogen) atoms. The highest BCUT2D eigenvalue weighted by Crippen LogP contribution is 2.36. The number of alkyl halides is 2. The van der Waals surface area contributed by atoms with Crippen molar-refractivity contribution in [1.82, 2.24) is 20.1 Å². The van der Waals surface area contributed by atoms with Crippen LogP contribution in [0.15, 0.2) is 40.8 Å². The van der Waals surface area contributed by atoms with Crippen LogP contribution >= 0.6 is 0 Å². The minimum Gasteiger partial charge on any atom is -0.489 e.